The molecular weight excluding hydrogens is 314 g/mol. The minimum absolute atomic E-state index is 0.149. The molecule has 0 aromatic carbocycles. The predicted octanol–water partition coefficient (Wildman–Crippen LogP) is 2.93. The van der Waals surface area contributed by atoms with E-state index < -0.39 is 5.97 Å². The second kappa shape index (κ2) is 5.77. The maximum absolute atomic E-state index is 12.1. The average Bonchev–Trinajstić information content (AvgIpc) is 3.11. The van der Waals surface area contributed by atoms with Crippen LogP contribution in [0.15, 0.2) is 29.8 Å². The molecule has 7 heteroatoms. The number of fused-ring (bicyclic) bond motifs is 1. The molecule has 0 aliphatic rings. The third-order valence-electron chi connectivity index (χ3n) is 3.41. The molecule has 0 aliphatic carbocycles. The number of hydrogen-bond donors (Lipinski definition) is 1. The normalized spacial score (nSPS) is 11.4. The van der Waals surface area contributed by atoms with E-state index in [2.05, 4.69) is 10.1 Å². The van der Waals surface area contributed by atoms with Crippen molar-refractivity contribution >= 4 is 40.2 Å². The Kier molecular flexibility index (Phi) is 3.79. The zero-order valence-electron chi connectivity index (χ0n) is 12.5. The number of thiophene rings is 1. The fourth-order valence-electron chi connectivity index (χ4n) is 2.26. The molecule has 3 aromatic heterocycles. The number of carboxylic acids is 1. The van der Waals surface area contributed by atoms with Gasteiger partial charge in [-0.05, 0) is 36.8 Å². The van der Waals surface area contributed by atoms with Gasteiger partial charge in [-0.1, -0.05) is 0 Å². The zero-order chi connectivity index (χ0) is 16.6. The van der Waals surface area contributed by atoms with E-state index in [4.69, 9.17) is 5.11 Å². The van der Waals surface area contributed by atoms with Crippen molar-refractivity contribution in [2.75, 3.05) is 0 Å². The summed E-state index contributed by atoms with van der Waals surface area (Å²) in [6.45, 7) is 1.90. The Morgan fingerprint density at radius 2 is 2.13 bits per heavy atom. The molecule has 0 radical (unpaired) electrons. The molecule has 3 rings (SSSR count). The molecule has 3 heterocycles. The van der Waals surface area contributed by atoms with Crippen molar-refractivity contribution in [1.29, 1.82) is 0 Å². The van der Waals surface area contributed by atoms with Crippen LogP contribution in [0.4, 0.5) is 0 Å². The number of carbonyl (C=O) groups is 2. The largest absolute Gasteiger partial charge is 0.477 e. The highest BCUT2D eigenvalue weighted by molar-refractivity contribution is 7.12. The highest BCUT2D eigenvalue weighted by Crippen LogP contribution is 2.18. The van der Waals surface area contributed by atoms with Crippen molar-refractivity contribution in [2.45, 2.75) is 6.92 Å². The van der Waals surface area contributed by atoms with Gasteiger partial charge in [0, 0.05) is 29.6 Å². The van der Waals surface area contributed by atoms with Gasteiger partial charge in [0.1, 0.15) is 4.88 Å². The molecule has 6 nitrogen and oxygen atoms in total. The molecule has 1 N–H and O–H groups in total. The Balaban J connectivity index is 1.85. The van der Waals surface area contributed by atoms with E-state index in [0.717, 1.165) is 33.6 Å². The number of pyridine rings is 1. The lowest BCUT2D eigenvalue weighted by Crippen LogP contribution is -1.94. The molecule has 116 valence electrons. The molecule has 23 heavy (non-hydrogen) atoms. The molecule has 0 saturated carbocycles. The van der Waals surface area contributed by atoms with Crippen LogP contribution >= 0.6 is 11.3 Å². The first-order valence-corrected chi connectivity index (χ1v) is 7.67. The molecule has 0 saturated heterocycles. The Labute approximate surface area is 135 Å². The Hall–Kier alpha value is -2.80. The van der Waals surface area contributed by atoms with Crippen molar-refractivity contribution < 1.29 is 14.7 Å². The number of allylic oxidation sites excluding steroid dienone is 1. The molecule has 0 amide bonds. The molecule has 3 aromatic rings. The lowest BCUT2D eigenvalue weighted by Gasteiger charge is -1.96. The number of aryl methyl sites for hydroxylation is 2. The summed E-state index contributed by atoms with van der Waals surface area (Å²) >= 11 is 1.04. The van der Waals surface area contributed by atoms with Gasteiger partial charge in [-0.15, -0.1) is 11.3 Å². The number of aromatic nitrogens is 3. The highest BCUT2D eigenvalue weighted by Gasteiger charge is 2.11. The number of nitrogens with zero attached hydrogens (tertiary/aromatic N) is 3. The van der Waals surface area contributed by atoms with Crippen LogP contribution in [0.2, 0.25) is 0 Å². The van der Waals surface area contributed by atoms with Crippen LogP contribution in [0.1, 0.15) is 31.3 Å². The Morgan fingerprint density at radius 3 is 2.83 bits per heavy atom. The van der Waals surface area contributed by atoms with Gasteiger partial charge in [-0.2, -0.15) is 5.10 Å². The van der Waals surface area contributed by atoms with Crippen molar-refractivity contribution in [2.24, 2.45) is 7.05 Å². The second-order valence-electron chi connectivity index (χ2n) is 5.05. The fourth-order valence-corrected chi connectivity index (χ4v) is 2.99. The van der Waals surface area contributed by atoms with Gasteiger partial charge in [0.2, 0.25) is 0 Å². The Bertz CT molecular complexity index is 953. The summed E-state index contributed by atoms with van der Waals surface area (Å²) in [6, 6.07) is 3.30. The van der Waals surface area contributed by atoms with Gasteiger partial charge >= 0.3 is 5.97 Å². The van der Waals surface area contributed by atoms with Gasteiger partial charge in [0.15, 0.2) is 11.4 Å². The van der Waals surface area contributed by atoms with E-state index in [-0.39, 0.29) is 10.7 Å². The average molecular weight is 327 g/mol. The van der Waals surface area contributed by atoms with Crippen molar-refractivity contribution in [3.63, 3.8) is 0 Å². The summed E-state index contributed by atoms with van der Waals surface area (Å²) in [6.07, 6.45) is 4.76. The first-order chi connectivity index (χ1) is 11.0. The summed E-state index contributed by atoms with van der Waals surface area (Å²) in [4.78, 5) is 27.4. The zero-order valence-corrected chi connectivity index (χ0v) is 13.3. The third-order valence-corrected chi connectivity index (χ3v) is 4.32. The summed E-state index contributed by atoms with van der Waals surface area (Å²) in [5, 5.41) is 15.7. The van der Waals surface area contributed by atoms with Crippen LogP contribution in [0.5, 0.6) is 0 Å². The van der Waals surface area contributed by atoms with E-state index in [9.17, 15) is 9.59 Å². The van der Waals surface area contributed by atoms with E-state index in [1.807, 2.05) is 20.0 Å². The maximum atomic E-state index is 12.1. The summed E-state index contributed by atoms with van der Waals surface area (Å²) in [5.41, 5.74) is 2.82. The molecule has 0 atom stereocenters. The SMILES string of the molecule is Cc1nn(C)c2ncc(/C=C/C(=O)c3csc(C(=O)O)c3)cc12. The van der Waals surface area contributed by atoms with E-state index >= 15 is 0 Å². The monoisotopic (exact) mass is 327 g/mol. The second-order valence-corrected chi connectivity index (χ2v) is 5.96. The highest BCUT2D eigenvalue weighted by atomic mass is 32.1. The summed E-state index contributed by atoms with van der Waals surface area (Å²) < 4.78 is 1.71. The predicted molar refractivity (Wildman–Crippen MR) is 87.9 cm³/mol. The first-order valence-electron chi connectivity index (χ1n) is 6.79. The first kappa shape index (κ1) is 15.1. The minimum Gasteiger partial charge on any atom is -0.477 e. The number of ketones is 1. The van der Waals surface area contributed by atoms with E-state index in [1.165, 1.54) is 12.1 Å². The van der Waals surface area contributed by atoms with Crippen molar-refractivity contribution in [1.82, 2.24) is 14.8 Å². The topological polar surface area (TPSA) is 85.1 Å². The van der Waals surface area contributed by atoms with Crippen LogP contribution in [0.25, 0.3) is 17.1 Å². The molecule has 0 bridgehead atoms. The van der Waals surface area contributed by atoms with Crippen LogP contribution < -0.4 is 0 Å². The standard InChI is InChI=1S/C16H13N3O3S/c1-9-12-5-10(7-17-15(12)19(2)18-9)3-4-13(20)11-6-14(16(21)22)23-8-11/h3-8H,1-2H3,(H,21,22)/b4-3+. The van der Waals surface area contributed by atoms with Gasteiger partial charge < -0.3 is 5.11 Å². The lowest BCUT2D eigenvalue weighted by atomic mass is 10.1. The quantitative estimate of drug-likeness (QED) is 0.588. The molecule has 0 fully saturated rings. The maximum Gasteiger partial charge on any atom is 0.345 e. The number of hydrogen-bond acceptors (Lipinski definition) is 5. The third kappa shape index (κ3) is 2.91. The Morgan fingerprint density at radius 1 is 1.35 bits per heavy atom. The van der Waals surface area contributed by atoms with Crippen molar-refractivity contribution in [3.8, 4) is 0 Å². The minimum atomic E-state index is -1.03. The van der Waals surface area contributed by atoms with Gasteiger partial charge in [-0.3, -0.25) is 9.48 Å². The molecule has 0 aliphatic heterocycles. The number of carbonyl (C=O) groups excluding carboxylic acids is 1. The van der Waals surface area contributed by atoms with Gasteiger partial charge in [0.05, 0.1) is 5.69 Å². The number of aromatic carboxylic acids is 1. The van der Waals surface area contributed by atoms with E-state index in [1.54, 1.807) is 22.3 Å². The smallest absolute Gasteiger partial charge is 0.345 e. The molecule has 0 unspecified atom stereocenters. The summed E-state index contributed by atoms with van der Waals surface area (Å²) in [5.74, 6) is -1.27. The van der Waals surface area contributed by atoms with Crippen LogP contribution in [-0.2, 0) is 7.05 Å². The van der Waals surface area contributed by atoms with Crippen LogP contribution in [-0.4, -0.2) is 31.6 Å². The fraction of sp³-hybridized carbons (Fsp3) is 0.125. The van der Waals surface area contributed by atoms with Crippen molar-refractivity contribution in [3.05, 3.63) is 51.5 Å². The van der Waals surface area contributed by atoms with Gasteiger partial charge in [0.25, 0.3) is 0 Å². The molecule has 0 spiro atoms. The number of carboxylic acid groups (broad SMARTS) is 1. The number of rotatable bonds is 4. The van der Waals surface area contributed by atoms with Gasteiger partial charge in [-0.25, -0.2) is 9.78 Å². The lowest BCUT2D eigenvalue weighted by molar-refractivity contribution is 0.0702. The molecular formula is C16H13N3O3S. The van der Waals surface area contributed by atoms with E-state index in [0.29, 0.717) is 5.56 Å². The van der Waals surface area contributed by atoms with Crippen LogP contribution in [0.3, 0.4) is 0 Å². The summed E-state index contributed by atoms with van der Waals surface area (Å²) in [7, 11) is 1.83. The van der Waals surface area contributed by atoms with Crippen LogP contribution in [0, 0.1) is 6.92 Å².